The van der Waals surface area contributed by atoms with Gasteiger partial charge in [-0.2, -0.15) is 5.26 Å². The van der Waals surface area contributed by atoms with Crippen LogP contribution in [-0.2, 0) is 0 Å². The zero-order valence-electron chi connectivity index (χ0n) is 11.3. The fourth-order valence-corrected chi connectivity index (χ4v) is 2.07. The minimum atomic E-state index is -0.291. The summed E-state index contributed by atoms with van der Waals surface area (Å²) in [6.45, 7) is 1.75. The molecular weight excluding hydrogens is 266 g/mol. The molecule has 1 aromatic heterocycles. The Bertz CT molecular complexity index is 875. The Morgan fingerprint density at radius 3 is 2.90 bits per heavy atom. The Labute approximate surface area is 120 Å². The molecule has 5 heteroatoms. The summed E-state index contributed by atoms with van der Waals surface area (Å²) in [6, 6.07) is 13.9. The monoisotopic (exact) mass is 277 g/mol. The van der Waals surface area contributed by atoms with E-state index in [1.165, 1.54) is 0 Å². The van der Waals surface area contributed by atoms with Gasteiger partial charge >= 0.3 is 0 Å². The maximum atomic E-state index is 12.3. The molecule has 21 heavy (non-hydrogen) atoms. The number of rotatable bonds is 2. The SMILES string of the molecule is Cc1nc2cc(C(=O)Nc3ccccc3C#N)ccc2o1. The fraction of sp³-hybridized carbons (Fsp3) is 0.0625. The van der Waals surface area contributed by atoms with E-state index in [0.29, 0.717) is 33.8 Å². The Hall–Kier alpha value is -3.13. The lowest BCUT2D eigenvalue weighted by Crippen LogP contribution is -2.12. The molecule has 2 aromatic carbocycles. The standard InChI is InChI=1S/C16H11N3O2/c1-10-18-14-8-11(6-7-15(14)21-10)16(20)19-13-5-3-2-4-12(13)9-17/h2-8H,1H3,(H,19,20). The van der Waals surface area contributed by atoms with Gasteiger partial charge in [-0.25, -0.2) is 4.98 Å². The first-order valence-electron chi connectivity index (χ1n) is 6.35. The van der Waals surface area contributed by atoms with E-state index in [1.54, 1.807) is 49.4 Å². The van der Waals surface area contributed by atoms with Gasteiger partial charge in [0.15, 0.2) is 11.5 Å². The molecule has 0 saturated carbocycles. The van der Waals surface area contributed by atoms with E-state index in [1.807, 2.05) is 6.07 Å². The van der Waals surface area contributed by atoms with Crippen LogP contribution < -0.4 is 5.32 Å². The van der Waals surface area contributed by atoms with E-state index < -0.39 is 0 Å². The molecule has 0 aliphatic rings. The first-order chi connectivity index (χ1) is 10.2. The number of benzene rings is 2. The topological polar surface area (TPSA) is 78.9 Å². The number of amides is 1. The molecule has 1 N–H and O–H groups in total. The molecule has 5 nitrogen and oxygen atoms in total. The number of aromatic nitrogens is 1. The number of hydrogen-bond donors (Lipinski definition) is 1. The zero-order valence-corrected chi connectivity index (χ0v) is 11.3. The van der Waals surface area contributed by atoms with Crippen molar-refractivity contribution >= 4 is 22.7 Å². The first kappa shape index (κ1) is 12.9. The highest BCUT2D eigenvalue weighted by Gasteiger charge is 2.11. The molecule has 102 valence electrons. The smallest absolute Gasteiger partial charge is 0.255 e. The molecule has 1 amide bonds. The molecular formula is C16H11N3O2. The molecule has 3 aromatic rings. The van der Waals surface area contributed by atoms with Crippen LogP contribution in [0.2, 0.25) is 0 Å². The highest BCUT2D eigenvalue weighted by molar-refractivity contribution is 6.06. The van der Waals surface area contributed by atoms with Crippen molar-refractivity contribution in [3.63, 3.8) is 0 Å². The lowest BCUT2D eigenvalue weighted by atomic mass is 10.1. The van der Waals surface area contributed by atoms with Crippen LogP contribution in [0.1, 0.15) is 21.8 Å². The molecule has 0 atom stereocenters. The number of nitrogens with one attached hydrogen (secondary N) is 1. The van der Waals surface area contributed by atoms with Crippen LogP contribution in [0.3, 0.4) is 0 Å². The number of para-hydroxylation sites is 1. The van der Waals surface area contributed by atoms with Crippen LogP contribution in [0.4, 0.5) is 5.69 Å². The number of nitriles is 1. The number of hydrogen-bond acceptors (Lipinski definition) is 4. The van der Waals surface area contributed by atoms with E-state index in [0.717, 1.165) is 0 Å². The van der Waals surface area contributed by atoms with Crippen LogP contribution >= 0.6 is 0 Å². The van der Waals surface area contributed by atoms with E-state index in [9.17, 15) is 4.79 Å². The van der Waals surface area contributed by atoms with E-state index in [4.69, 9.17) is 9.68 Å². The summed E-state index contributed by atoms with van der Waals surface area (Å²) in [5.74, 6) is 0.262. The van der Waals surface area contributed by atoms with Gasteiger partial charge < -0.3 is 9.73 Å². The zero-order chi connectivity index (χ0) is 14.8. The Morgan fingerprint density at radius 1 is 1.29 bits per heavy atom. The molecule has 3 rings (SSSR count). The van der Waals surface area contributed by atoms with Crippen LogP contribution in [0.25, 0.3) is 11.1 Å². The van der Waals surface area contributed by atoms with Gasteiger partial charge in [0.2, 0.25) is 0 Å². The largest absolute Gasteiger partial charge is 0.441 e. The van der Waals surface area contributed by atoms with Gasteiger partial charge in [-0.15, -0.1) is 0 Å². The lowest BCUT2D eigenvalue weighted by molar-refractivity contribution is 0.102. The Morgan fingerprint density at radius 2 is 2.10 bits per heavy atom. The van der Waals surface area contributed by atoms with Gasteiger partial charge in [0.25, 0.3) is 5.91 Å². The molecule has 0 bridgehead atoms. The van der Waals surface area contributed by atoms with Crippen molar-refractivity contribution in [1.29, 1.82) is 5.26 Å². The summed E-state index contributed by atoms with van der Waals surface area (Å²) >= 11 is 0. The number of oxazole rings is 1. The Kier molecular flexibility index (Phi) is 3.13. The van der Waals surface area contributed by atoms with Gasteiger partial charge in [-0.3, -0.25) is 4.79 Å². The third-order valence-corrected chi connectivity index (χ3v) is 3.05. The second-order valence-corrected chi connectivity index (χ2v) is 4.53. The number of nitrogens with zero attached hydrogens (tertiary/aromatic N) is 2. The van der Waals surface area contributed by atoms with Crippen LogP contribution in [-0.4, -0.2) is 10.9 Å². The molecule has 0 aliphatic heterocycles. The third kappa shape index (κ3) is 2.47. The molecule has 0 spiro atoms. The first-order valence-corrected chi connectivity index (χ1v) is 6.35. The minimum absolute atomic E-state index is 0.291. The van der Waals surface area contributed by atoms with E-state index in [2.05, 4.69) is 10.3 Å². The fourth-order valence-electron chi connectivity index (χ4n) is 2.07. The summed E-state index contributed by atoms with van der Waals surface area (Å²) in [6.07, 6.45) is 0. The highest BCUT2D eigenvalue weighted by atomic mass is 16.3. The van der Waals surface area contributed by atoms with Crippen molar-refractivity contribution in [3.8, 4) is 6.07 Å². The Balaban J connectivity index is 1.91. The van der Waals surface area contributed by atoms with Crippen LogP contribution in [0, 0.1) is 18.3 Å². The predicted molar refractivity (Wildman–Crippen MR) is 77.9 cm³/mol. The second-order valence-electron chi connectivity index (χ2n) is 4.53. The quantitative estimate of drug-likeness (QED) is 0.779. The third-order valence-electron chi connectivity index (χ3n) is 3.05. The summed E-state index contributed by atoms with van der Waals surface area (Å²) in [5.41, 5.74) is 2.64. The van der Waals surface area contributed by atoms with E-state index in [-0.39, 0.29) is 5.91 Å². The number of carbonyl (C=O) groups is 1. The van der Waals surface area contributed by atoms with Crippen LogP contribution in [0.15, 0.2) is 46.9 Å². The lowest BCUT2D eigenvalue weighted by Gasteiger charge is -2.06. The molecule has 0 unspecified atom stereocenters. The second kappa shape index (κ2) is 5.10. The molecule has 0 fully saturated rings. The van der Waals surface area contributed by atoms with Crippen molar-refractivity contribution in [1.82, 2.24) is 4.98 Å². The highest BCUT2D eigenvalue weighted by Crippen LogP contribution is 2.19. The summed E-state index contributed by atoms with van der Waals surface area (Å²) in [7, 11) is 0. The van der Waals surface area contributed by atoms with Crippen LogP contribution in [0.5, 0.6) is 0 Å². The van der Waals surface area contributed by atoms with Gasteiger partial charge in [-0.05, 0) is 30.3 Å². The van der Waals surface area contributed by atoms with Gasteiger partial charge in [0.05, 0.1) is 11.3 Å². The number of fused-ring (bicyclic) bond motifs is 1. The number of anilines is 1. The molecule has 0 radical (unpaired) electrons. The molecule has 1 heterocycles. The summed E-state index contributed by atoms with van der Waals surface area (Å²) < 4.78 is 5.37. The van der Waals surface area contributed by atoms with E-state index >= 15 is 0 Å². The predicted octanol–water partition coefficient (Wildman–Crippen LogP) is 3.26. The average molecular weight is 277 g/mol. The van der Waals surface area contributed by atoms with Gasteiger partial charge in [0, 0.05) is 12.5 Å². The maximum absolute atomic E-state index is 12.3. The molecule has 0 saturated heterocycles. The van der Waals surface area contributed by atoms with Gasteiger partial charge in [0.1, 0.15) is 11.6 Å². The summed E-state index contributed by atoms with van der Waals surface area (Å²) in [4.78, 5) is 16.5. The minimum Gasteiger partial charge on any atom is -0.441 e. The van der Waals surface area contributed by atoms with Crippen molar-refractivity contribution in [2.75, 3.05) is 5.32 Å². The molecule has 0 aliphatic carbocycles. The van der Waals surface area contributed by atoms with Crippen molar-refractivity contribution in [2.45, 2.75) is 6.92 Å². The summed E-state index contributed by atoms with van der Waals surface area (Å²) in [5, 5.41) is 11.8. The maximum Gasteiger partial charge on any atom is 0.255 e. The van der Waals surface area contributed by atoms with Gasteiger partial charge in [-0.1, -0.05) is 12.1 Å². The van der Waals surface area contributed by atoms with Crippen molar-refractivity contribution < 1.29 is 9.21 Å². The number of carbonyl (C=O) groups excluding carboxylic acids is 1. The number of aryl methyl sites for hydroxylation is 1. The van der Waals surface area contributed by atoms with Crippen molar-refractivity contribution in [2.24, 2.45) is 0 Å². The van der Waals surface area contributed by atoms with Crippen molar-refractivity contribution in [3.05, 3.63) is 59.5 Å². The average Bonchev–Trinajstić information content (AvgIpc) is 2.86. The normalized spacial score (nSPS) is 10.3.